The van der Waals surface area contributed by atoms with E-state index in [1.54, 1.807) is 19.9 Å². The number of amides is 4. The third-order valence-electron chi connectivity index (χ3n) is 6.27. The van der Waals surface area contributed by atoms with E-state index in [2.05, 4.69) is 17.1 Å². The lowest BCUT2D eigenvalue weighted by Crippen LogP contribution is -2.73. The van der Waals surface area contributed by atoms with Crippen LogP contribution >= 0.6 is 0 Å². The Hall–Kier alpha value is -2.97. The molecule has 9 heteroatoms. The molecule has 1 fully saturated rings. The van der Waals surface area contributed by atoms with Crippen LogP contribution in [0.2, 0.25) is 0 Å². The van der Waals surface area contributed by atoms with Gasteiger partial charge in [-0.15, -0.1) is 0 Å². The van der Waals surface area contributed by atoms with Gasteiger partial charge >= 0.3 is 6.03 Å². The second kappa shape index (κ2) is 8.64. The summed E-state index contributed by atoms with van der Waals surface area (Å²) in [6.07, 6.45) is 3.11. The van der Waals surface area contributed by atoms with Crippen molar-refractivity contribution in [1.29, 1.82) is 0 Å². The van der Waals surface area contributed by atoms with Crippen molar-refractivity contribution in [3.63, 3.8) is 0 Å². The number of imide groups is 2. The van der Waals surface area contributed by atoms with Crippen LogP contribution in [0, 0.1) is 15.5 Å². The molecule has 0 bridgehead atoms. The summed E-state index contributed by atoms with van der Waals surface area (Å²) in [7, 11) is 0. The fourth-order valence-corrected chi connectivity index (χ4v) is 4.83. The van der Waals surface area contributed by atoms with Crippen LogP contribution in [0.25, 0.3) is 0 Å². The van der Waals surface area contributed by atoms with Gasteiger partial charge in [-0.3, -0.25) is 29.9 Å². The van der Waals surface area contributed by atoms with Crippen LogP contribution < -0.4 is 10.2 Å². The summed E-state index contributed by atoms with van der Waals surface area (Å²) in [5.41, 5.74) is -0.195. The molecular formula is C22H30N4O5. The number of barbiturate groups is 1. The minimum atomic E-state index is -1.51. The normalized spacial score (nSPS) is 23.4. The highest BCUT2D eigenvalue weighted by Gasteiger charge is 2.62. The highest BCUT2D eigenvalue weighted by atomic mass is 16.6. The number of nitrogens with zero attached hydrogens (tertiary/aromatic N) is 3. The number of urea groups is 1. The first-order chi connectivity index (χ1) is 14.7. The maximum Gasteiger partial charge on any atom is 0.331 e. The Morgan fingerprint density at radius 1 is 1.23 bits per heavy atom. The first-order valence-electron chi connectivity index (χ1n) is 10.9. The number of hydrogen-bond acceptors (Lipinski definition) is 6. The molecule has 2 atom stereocenters. The SMILES string of the molecule is CCCCN1c2ccc([N+](=O)[O-])cc2C[C@]2(C(=O)NC(=O)N(C(C)C)C2=O)[C@@H]1CCC. The first kappa shape index (κ1) is 22.7. The average molecular weight is 431 g/mol. The lowest BCUT2D eigenvalue weighted by molar-refractivity contribution is -0.384. The number of non-ortho nitro benzene ring substituents is 1. The highest BCUT2D eigenvalue weighted by Crippen LogP contribution is 2.47. The number of rotatable bonds is 7. The molecule has 0 unspecified atom stereocenters. The van der Waals surface area contributed by atoms with E-state index in [0.29, 0.717) is 18.5 Å². The van der Waals surface area contributed by atoms with E-state index in [1.165, 1.54) is 12.1 Å². The molecule has 0 saturated carbocycles. The Balaban J connectivity index is 2.23. The van der Waals surface area contributed by atoms with Crippen LogP contribution in [0.5, 0.6) is 0 Å². The third kappa shape index (κ3) is 3.66. The lowest BCUT2D eigenvalue weighted by atomic mass is 9.67. The van der Waals surface area contributed by atoms with Gasteiger partial charge in [0, 0.05) is 36.8 Å². The molecule has 1 aromatic rings. The molecule has 1 saturated heterocycles. The molecule has 3 rings (SSSR count). The lowest BCUT2D eigenvalue weighted by Gasteiger charge is -2.52. The van der Waals surface area contributed by atoms with Gasteiger partial charge in [0.25, 0.3) is 5.69 Å². The first-order valence-corrected chi connectivity index (χ1v) is 10.9. The molecule has 9 nitrogen and oxygen atoms in total. The molecule has 0 radical (unpaired) electrons. The van der Waals surface area contributed by atoms with Crippen LogP contribution in [0.3, 0.4) is 0 Å². The summed E-state index contributed by atoms with van der Waals surface area (Å²) < 4.78 is 0. The number of anilines is 1. The van der Waals surface area contributed by atoms with E-state index in [1.807, 2.05) is 6.92 Å². The van der Waals surface area contributed by atoms with Gasteiger partial charge in [-0.2, -0.15) is 0 Å². The van der Waals surface area contributed by atoms with Crippen LogP contribution in [-0.2, 0) is 16.0 Å². The maximum absolute atomic E-state index is 13.8. The van der Waals surface area contributed by atoms with E-state index in [4.69, 9.17) is 0 Å². The molecule has 4 amide bonds. The van der Waals surface area contributed by atoms with Crippen molar-refractivity contribution in [3.8, 4) is 0 Å². The van der Waals surface area contributed by atoms with Gasteiger partial charge in [0.2, 0.25) is 11.8 Å². The monoisotopic (exact) mass is 430 g/mol. The Labute approximate surface area is 181 Å². The van der Waals surface area contributed by atoms with Gasteiger partial charge in [-0.05, 0) is 38.3 Å². The molecule has 2 heterocycles. The smallest absolute Gasteiger partial charge is 0.331 e. The second-order valence-electron chi connectivity index (χ2n) is 8.60. The Morgan fingerprint density at radius 3 is 2.52 bits per heavy atom. The molecular weight excluding hydrogens is 400 g/mol. The summed E-state index contributed by atoms with van der Waals surface area (Å²) in [4.78, 5) is 53.7. The van der Waals surface area contributed by atoms with E-state index >= 15 is 0 Å². The molecule has 2 aliphatic heterocycles. The molecule has 1 N–H and O–H groups in total. The van der Waals surface area contributed by atoms with Crippen molar-refractivity contribution >= 4 is 29.2 Å². The number of nitro benzene ring substituents is 1. The highest BCUT2D eigenvalue weighted by molar-refractivity contribution is 6.20. The fraction of sp³-hybridized carbons (Fsp3) is 0.591. The molecule has 31 heavy (non-hydrogen) atoms. The summed E-state index contributed by atoms with van der Waals surface area (Å²) in [5.74, 6) is -1.13. The van der Waals surface area contributed by atoms with E-state index in [-0.39, 0.29) is 12.1 Å². The van der Waals surface area contributed by atoms with Gasteiger partial charge in [0.15, 0.2) is 5.41 Å². The molecule has 0 aliphatic carbocycles. The van der Waals surface area contributed by atoms with Gasteiger partial charge in [-0.1, -0.05) is 26.7 Å². The molecule has 1 aromatic carbocycles. The zero-order valence-corrected chi connectivity index (χ0v) is 18.5. The van der Waals surface area contributed by atoms with E-state index in [0.717, 1.165) is 29.8 Å². The summed E-state index contributed by atoms with van der Waals surface area (Å²) in [6, 6.07) is 3.06. The zero-order valence-electron chi connectivity index (χ0n) is 18.5. The average Bonchev–Trinajstić information content (AvgIpc) is 2.70. The van der Waals surface area contributed by atoms with Crippen LogP contribution in [0.15, 0.2) is 18.2 Å². The largest absolute Gasteiger partial charge is 0.367 e. The van der Waals surface area contributed by atoms with Crippen molar-refractivity contribution in [2.75, 3.05) is 11.4 Å². The van der Waals surface area contributed by atoms with Crippen molar-refractivity contribution in [1.82, 2.24) is 10.2 Å². The minimum absolute atomic E-state index is 0.0263. The zero-order chi connectivity index (χ0) is 22.9. The van der Waals surface area contributed by atoms with Gasteiger partial charge in [0.1, 0.15) is 0 Å². The summed E-state index contributed by atoms with van der Waals surface area (Å²) in [6.45, 7) is 8.12. The Bertz CT molecular complexity index is 915. The van der Waals surface area contributed by atoms with Gasteiger partial charge in [-0.25, -0.2) is 4.79 Å². The number of fused-ring (bicyclic) bond motifs is 1. The number of nitrogens with one attached hydrogen (secondary N) is 1. The predicted molar refractivity (Wildman–Crippen MR) is 116 cm³/mol. The molecule has 2 aliphatic rings. The predicted octanol–water partition coefficient (Wildman–Crippen LogP) is 3.40. The van der Waals surface area contributed by atoms with Crippen molar-refractivity contribution in [2.24, 2.45) is 5.41 Å². The maximum atomic E-state index is 13.8. The standard InChI is InChI=1S/C22H30N4O5/c1-5-7-11-24-17-10-9-16(26(30)31)12-15(17)13-22(18(24)8-6-2)19(27)23-21(29)25(14(3)4)20(22)28/h9-10,12,14,18H,5-8,11,13H2,1-4H3,(H,23,27,29)/t18-,22+/m0/s1. The van der Waals surface area contributed by atoms with Crippen molar-refractivity contribution < 1.29 is 19.3 Å². The number of carbonyl (C=O) groups excluding carboxylic acids is 3. The molecule has 168 valence electrons. The van der Waals surface area contributed by atoms with Gasteiger partial charge in [0.05, 0.1) is 11.0 Å². The number of nitro groups is 1. The molecule has 0 aromatic heterocycles. The number of benzene rings is 1. The van der Waals surface area contributed by atoms with Crippen LogP contribution in [0.1, 0.15) is 58.9 Å². The van der Waals surface area contributed by atoms with Gasteiger partial charge < -0.3 is 4.90 Å². The topological polar surface area (TPSA) is 113 Å². The fourth-order valence-electron chi connectivity index (χ4n) is 4.83. The Morgan fingerprint density at radius 2 is 1.94 bits per heavy atom. The van der Waals surface area contributed by atoms with E-state index in [9.17, 15) is 24.5 Å². The van der Waals surface area contributed by atoms with Crippen molar-refractivity contribution in [2.45, 2.75) is 71.9 Å². The minimum Gasteiger partial charge on any atom is -0.367 e. The Kier molecular flexibility index (Phi) is 6.33. The van der Waals surface area contributed by atoms with Crippen LogP contribution in [0.4, 0.5) is 16.2 Å². The third-order valence-corrected chi connectivity index (χ3v) is 6.27. The summed E-state index contributed by atoms with van der Waals surface area (Å²) in [5, 5.41) is 13.8. The molecule has 1 spiro atoms. The van der Waals surface area contributed by atoms with Crippen molar-refractivity contribution in [3.05, 3.63) is 33.9 Å². The van der Waals surface area contributed by atoms with E-state index < -0.39 is 40.3 Å². The second-order valence-corrected chi connectivity index (χ2v) is 8.60. The number of unbranched alkanes of at least 4 members (excludes halogenated alkanes) is 1. The number of hydrogen-bond donors (Lipinski definition) is 1. The number of carbonyl (C=O) groups is 3. The quantitative estimate of drug-likeness (QED) is 0.403. The van der Waals surface area contributed by atoms with Crippen LogP contribution in [-0.4, -0.2) is 46.3 Å². The summed E-state index contributed by atoms with van der Waals surface area (Å²) >= 11 is 0.